The molecule has 0 bridgehead atoms. The molecule has 1 atom stereocenters. The minimum atomic E-state index is 0.181. The summed E-state index contributed by atoms with van der Waals surface area (Å²) in [5.41, 5.74) is 1.44. The van der Waals surface area contributed by atoms with Crippen LogP contribution in [0.4, 0.5) is 0 Å². The molecule has 0 aliphatic carbocycles. The average molecular weight is 267 g/mol. The normalized spacial score (nSPS) is 22.6. The molecule has 1 aliphatic rings. The van der Waals surface area contributed by atoms with E-state index in [9.17, 15) is 0 Å². The molecule has 0 saturated carbocycles. The summed E-state index contributed by atoms with van der Waals surface area (Å²) >= 11 is 1.99. The van der Waals surface area contributed by atoms with Crippen molar-refractivity contribution in [3.05, 3.63) is 23.8 Å². The molecule has 0 spiro atoms. The monoisotopic (exact) mass is 267 g/mol. The van der Waals surface area contributed by atoms with E-state index in [0.717, 1.165) is 23.0 Å². The highest BCUT2D eigenvalue weighted by Gasteiger charge is 2.28. The number of hydrogen-bond acceptors (Lipinski definition) is 4. The third-order valence-electron chi connectivity index (χ3n) is 3.12. The van der Waals surface area contributed by atoms with Gasteiger partial charge in [0, 0.05) is 23.1 Å². The van der Waals surface area contributed by atoms with Gasteiger partial charge in [0.05, 0.1) is 14.2 Å². The number of nitrogens with one attached hydrogen (secondary N) is 1. The Balaban J connectivity index is 2.23. The Morgan fingerprint density at radius 2 is 1.94 bits per heavy atom. The van der Waals surface area contributed by atoms with Gasteiger partial charge in [-0.05, 0) is 31.5 Å². The Labute approximate surface area is 113 Å². The number of ether oxygens (including phenoxy) is 2. The topological polar surface area (TPSA) is 30.5 Å². The van der Waals surface area contributed by atoms with Crippen molar-refractivity contribution in [1.82, 2.24) is 5.32 Å². The zero-order valence-electron chi connectivity index (χ0n) is 11.4. The lowest BCUT2D eigenvalue weighted by atomic mass is 10.0. The standard InChI is InChI=1S/C14H21NO2S/c1-14(2)9-18-8-11(15-14)10-5-6-12(16-3)13(7-10)17-4/h5-7,11,15H,8-9H2,1-4H3. The summed E-state index contributed by atoms with van der Waals surface area (Å²) in [6.45, 7) is 4.49. The molecule has 1 saturated heterocycles. The highest BCUT2D eigenvalue weighted by atomic mass is 32.2. The maximum atomic E-state index is 5.36. The molecule has 1 aromatic rings. The molecular weight excluding hydrogens is 246 g/mol. The maximum absolute atomic E-state index is 5.36. The Hall–Kier alpha value is -0.870. The predicted octanol–water partition coefficient (Wildman–Crippen LogP) is 2.86. The van der Waals surface area contributed by atoms with Crippen molar-refractivity contribution in [2.24, 2.45) is 0 Å². The molecule has 2 rings (SSSR count). The van der Waals surface area contributed by atoms with Gasteiger partial charge in [0.1, 0.15) is 0 Å². The quantitative estimate of drug-likeness (QED) is 0.912. The fourth-order valence-corrected chi connectivity index (χ4v) is 3.46. The summed E-state index contributed by atoms with van der Waals surface area (Å²) in [4.78, 5) is 0. The Bertz CT molecular complexity index is 420. The molecule has 100 valence electrons. The average Bonchev–Trinajstić information content (AvgIpc) is 2.36. The summed E-state index contributed by atoms with van der Waals surface area (Å²) in [6.07, 6.45) is 0. The smallest absolute Gasteiger partial charge is 0.161 e. The fourth-order valence-electron chi connectivity index (χ4n) is 2.24. The number of benzene rings is 1. The second-order valence-corrected chi connectivity index (χ2v) is 6.24. The third kappa shape index (κ3) is 2.93. The van der Waals surface area contributed by atoms with E-state index in [2.05, 4.69) is 31.3 Å². The molecule has 1 fully saturated rings. The molecule has 0 amide bonds. The van der Waals surface area contributed by atoms with E-state index in [0.29, 0.717) is 6.04 Å². The van der Waals surface area contributed by atoms with Gasteiger partial charge in [0.2, 0.25) is 0 Å². The van der Waals surface area contributed by atoms with E-state index in [1.807, 2.05) is 17.8 Å². The van der Waals surface area contributed by atoms with Crippen LogP contribution in [0.25, 0.3) is 0 Å². The van der Waals surface area contributed by atoms with Crippen LogP contribution in [0.3, 0.4) is 0 Å². The first kappa shape index (κ1) is 13.6. The summed E-state index contributed by atoms with van der Waals surface area (Å²) in [7, 11) is 3.34. The number of rotatable bonds is 3. The molecule has 0 radical (unpaired) electrons. The molecule has 1 aromatic carbocycles. The van der Waals surface area contributed by atoms with Crippen LogP contribution in [0, 0.1) is 0 Å². The zero-order valence-corrected chi connectivity index (χ0v) is 12.3. The molecule has 3 nitrogen and oxygen atoms in total. The fraction of sp³-hybridized carbons (Fsp3) is 0.571. The first-order valence-corrected chi connectivity index (χ1v) is 7.28. The van der Waals surface area contributed by atoms with Gasteiger partial charge in [-0.25, -0.2) is 0 Å². The van der Waals surface area contributed by atoms with Gasteiger partial charge in [-0.3, -0.25) is 0 Å². The first-order chi connectivity index (χ1) is 8.55. The van der Waals surface area contributed by atoms with Gasteiger partial charge in [-0.2, -0.15) is 11.8 Å². The van der Waals surface area contributed by atoms with Crippen LogP contribution in [0.1, 0.15) is 25.5 Å². The van der Waals surface area contributed by atoms with Gasteiger partial charge >= 0.3 is 0 Å². The van der Waals surface area contributed by atoms with Crippen LogP contribution in [0.2, 0.25) is 0 Å². The Kier molecular flexibility index (Phi) is 4.07. The van der Waals surface area contributed by atoms with Gasteiger partial charge in [-0.15, -0.1) is 0 Å². The number of hydrogen-bond donors (Lipinski definition) is 1. The van der Waals surface area contributed by atoms with Gasteiger partial charge in [0.25, 0.3) is 0 Å². The van der Waals surface area contributed by atoms with Crippen LogP contribution < -0.4 is 14.8 Å². The SMILES string of the molecule is COc1ccc(C2CSCC(C)(C)N2)cc1OC. The van der Waals surface area contributed by atoms with E-state index in [1.54, 1.807) is 14.2 Å². The number of thioether (sulfide) groups is 1. The third-order valence-corrected chi connectivity index (χ3v) is 4.62. The van der Waals surface area contributed by atoms with Crippen molar-refractivity contribution in [2.45, 2.75) is 25.4 Å². The van der Waals surface area contributed by atoms with Gasteiger partial charge in [0.15, 0.2) is 11.5 Å². The molecular formula is C14H21NO2S. The minimum absolute atomic E-state index is 0.181. The Morgan fingerprint density at radius 3 is 2.56 bits per heavy atom. The molecule has 1 N–H and O–H groups in total. The second kappa shape index (κ2) is 5.41. The zero-order chi connectivity index (χ0) is 13.2. The van der Waals surface area contributed by atoms with Crippen molar-refractivity contribution in [3.63, 3.8) is 0 Å². The summed E-state index contributed by atoms with van der Waals surface area (Å²) in [6, 6.07) is 6.53. The van der Waals surface area contributed by atoms with E-state index < -0.39 is 0 Å². The van der Waals surface area contributed by atoms with Crippen molar-refractivity contribution in [2.75, 3.05) is 25.7 Å². The van der Waals surface area contributed by atoms with E-state index in [-0.39, 0.29) is 5.54 Å². The summed E-state index contributed by atoms with van der Waals surface area (Å²) in [5.74, 6) is 3.82. The van der Waals surface area contributed by atoms with Gasteiger partial charge < -0.3 is 14.8 Å². The lowest BCUT2D eigenvalue weighted by molar-refractivity contribution is 0.350. The number of methoxy groups -OCH3 is 2. The predicted molar refractivity (Wildman–Crippen MR) is 76.8 cm³/mol. The lowest BCUT2D eigenvalue weighted by Crippen LogP contribution is -2.48. The van der Waals surface area contributed by atoms with Crippen LogP contribution in [0.15, 0.2) is 18.2 Å². The van der Waals surface area contributed by atoms with Gasteiger partial charge in [-0.1, -0.05) is 6.07 Å². The molecule has 1 heterocycles. The molecule has 0 aromatic heterocycles. The van der Waals surface area contributed by atoms with E-state index >= 15 is 0 Å². The summed E-state index contributed by atoms with van der Waals surface area (Å²) in [5, 5.41) is 3.68. The van der Waals surface area contributed by atoms with E-state index in [4.69, 9.17) is 9.47 Å². The highest BCUT2D eigenvalue weighted by Crippen LogP contribution is 2.34. The molecule has 18 heavy (non-hydrogen) atoms. The van der Waals surface area contributed by atoms with Crippen LogP contribution in [-0.4, -0.2) is 31.3 Å². The largest absolute Gasteiger partial charge is 0.493 e. The van der Waals surface area contributed by atoms with E-state index in [1.165, 1.54) is 5.56 Å². The van der Waals surface area contributed by atoms with Crippen LogP contribution >= 0.6 is 11.8 Å². The Morgan fingerprint density at radius 1 is 1.22 bits per heavy atom. The minimum Gasteiger partial charge on any atom is -0.493 e. The highest BCUT2D eigenvalue weighted by molar-refractivity contribution is 7.99. The summed E-state index contributed by atoms with van der Waals surface area (Å²) < 4.78 is 10.6. The first-order valence-electron chi connectivity index (χ1n) is 6.13. The van der Waals surface area contributed by atoms with Crippen molar-refractivity contribution < 1.29 is 9.47 Å². The molecule has 1 unspecified atom stereocenters. The molecule has 1 aliphatic heterocycles. The maximum Gasteiger partial charge on any atom is 0.161 e. The van der Waals surface area contributed by atoms with Crippen LogP contribution in [0.5, 0.6) is 11.5 Å². The lowest BCUT2D eigenvalue weighted by Gasteiger charge is -2.37. The van der Waals surface area contributed by atoms with Crippen molar-refractivity contribution in [1.29, 1.82) is 0 Å². The molecule has 4 heteroatoms. The van der Waals surface area contributed by atoms with Crippen LogP contribution in [-0.2, 0) is 0 Å². The second-order valence-electron chi connectivity index (χ2n) is 5.21. The van der Waals surface area contributed by atoms with Crippen molar-refractivity contribution in [3.8, 4) is 11.5 Å². The van der Waals surface area contributed by atoms with Crippen molar-refractivity contribution >= 4 is 11.8 Å².